The zero-order valence-corrected chi connectivity index (χ0v) is 12.9. The van der Waals surface area contributed by atoms with Gasteiger partial charge in [-0.3, -0.25) is 4.79 Å². The molecule has 0 saturated carbocycles. The number of hydrogen-bond donors (Lipinski definition) is 1. The van der Waals surface area contributed by atoms with Crippen molar-refractivity contribution in [3.8, 4) is 16.9 Å². The third-order valence-electron chi connectivity index (χ3n) is 4.45. The summed E-state index contributed by atoms with van der Waals surface area (Å²) in [5.41, 5.74) is 4.32. The molecule has 2 aliphatic heterocycles. The van der Waals surface area contributed by atoms with Gasteiger partial charge in [-0.25, -0.2) is 0 Å². The fraction of sp³-hybridized carbons (Fsp3) is 0.316. The Hall–Kier alpha value is -2.33. The summed E-state index contributed by atoms with van der Waals surface area (Å²) in [7, 11) is 0. The lowest BCUT2D eigenvalue weighted by Crippen LogP contribution is -2.22. The van der Waals surface area contributed by atoms with E-state index in [2.05, 4.69) is 23.5 Å². The van der Waals surface area contributed by atoms with Crippen LogP contribution >= 0.6 is 0 Å². The minimum absolute atomic E-state index is 0.0317. The van der Waals surface area contributed by atoms with Crippen molar-refractivity contribution >= 4 is 11.6 Å². The second kappa shape index (κ2) is 6.05. The van der Waals surface area contributed by atoms with Gasteiger partial charge < -0.3 is 14.8 Å². The molecule has 2 aromatic carbocycles. The summed E-state index contributed by atoms with van der Waals surface area (Å²) in [6.07, 6.45) is 1.76. The number of carbonyl (C=O) groups excluding carboxylic acids is 1. The molecule has 4 rings (SSSR count). The first-order chi connectivity index (χ1) is 11.3. The summed E-state index contributed by atoms with van der Waals surface area (Å²) in [6, 6.07) is 14.2. The number of fused-ring (bicyclic) bond motifs is 1. The van der Waals surface area contributed by atoms with Gasteiger partial charge in [0.2, 0.25) is 5.91 Å². The van der Waals surface area contributed by atoms with Crippen LogP contribution in [0.5, 0.6) is 5.75 Å². The standard InChI is InChI=1S/C19H19NO3/c21-19(16-6-8-22-12-16)20-17-3-1-2-13(11-17)14-4-5-18-15(10-14)7-9-23-18/h1-5,10-11,16H,6-9,12H2,(H,20,21). The quantitative estimate of drug-likeness (QED) is 0.946. The van der Waals surface area contributed by atoms with Gasteiger partial charge in [-0.15, -0.1) is 0 Å². The molecular formula is C19H19NO3. The Kier molecular flexibility index (Phi) is 3.75. The molecular weight excluding hydrogens is 290 g/mol. The Morgan fingerprint density at radius 1 is 1.09 bits per heavy atom. The number of benzene rings is 2. The lowest BCUT2D eigenvalue weighted by atomic mass is 10.0. The molecule has 1 N–H and O–H groups in total. The van der Waals surface area contributed by atoms with E-state index in [-0.39, 0.29) is 11.8 Å². The number of nitrogens with one attached hydrogen (secondary N) is 1. The van der Waals surface area contributed by atoms with Crippen molar-refractivity contribution in [1.82, 2.24) is 0 Å². The molecule has 1 fully saturated rings. The molecule has 0 aromatic heterocycles. The number of amides is 1. The highest BCUT2D eigenvalue weighted by Gasteiger charge is 2.23. The lowest BCUT2D eigenvalue weighted by molar-refractivity contribution is -0.119. The maximum absolute atomic E-state index is 12.2. The first kappa shape index (κ1) is 14.3. The van der Waals surface area contributed by atoms with Crippen LogP contribution in [0.15, 0.2) is 42.5 Å². The Morgan fingerprint density at radius 2 is 2.00 bits per heavy atom. The molecule has 4 nitrogen and oxygen atoms in total. The van der Waals surface area contributed by atoms with Crippen LogP contribution in [0.1, 0.15) is 12.0 Å². The van der Waals surface area contributed by atoms with Gasteiger partial charge in [0.15, 0.2) is 0 Å². The summed E-state index contributed by atoms with van der Waals surface area (Å²) < 4.78 is 10.8. The second-order valence-corrected chi connectivity index (χ2v) is 6.05. The van der Waals surface area contributed by atoms with E-state index >= 15 is 0 Å². The van der Waals surface area contributed by atoms with E-state index in [0.717, 1.165) is 42.0 Å². The summed E-state index contributed by atoms with van der Waals surface area (Å²) in [6.45, 7) is 1.96. The van der Waals surface area contributed by atoms with E-state index in [9.17, 15) is 4.79 Å². The van der Waals surface area contributed by atoms with Crippen molar-refractivity contribution in [2.24, 2.45) is 5.92 Å². The van der Waals surface area contributed by atoms with E-state index in [1.54, 1.807) is 0 Å². The Bertz CT molecular complexity index is 735. The Morgan fingerprint density at radius 3 is 2.87 bits per heavy atom. The molecule has 2 aromatic rings. The average molecular weight is 309 g/mol. The first-order valence-electron chi connectivity index (χ1n) is 8.04. The summed E-state index contributed by atoms with van der Waals surface area (Å²) >= 11 is 0. The highest BCUT2D eigenvalue weighted by atomic mass is 16.5. The van der Waals surface area contributed by atoms with Gasteiger partial charge in [-0.1, -0.05) is 18.2 Å². The molecule has 23 heavy (non-hydrogen) atoms. The van der Waals surface area contributed by atoms with Crippen LogP contribution in [0, 0.1) is 5.92 Å². The monoisotopic (exact) mass is 309 g/mol. The summed E-state index contributed by atoms with van der Waals surface area (Å²) in [5.74, 6) is 0.997. The molecule has 0 aliphatic carbocycles. The Labute approximate surface area is 135 Å². The normalized spacial score (nSPS) is 19.2. The fourth-order valence-corrected chi connectivity index (χ4v) is 3.13. The van der Waals surface area contributed by atoms with Crippen LogP contribution in [-0.4, -0.2) is 25.7 Å². The molecule has 2 heterocycles. The van der Waals surface area contributed by atoms with E-state index in [4.69, 9.17) is 9.47 Å². The maximum Gasteiger partial charge on any atom is 0.229 e. The van der Waals surface area contributed by atoms with Crippen LogP contribution in [-0.2, 0) is 16.0 Å². The average Bonchev–Trinajstić information content (AvgIpc) is 3.26. The highest BCUT2D eigenvalue weighted by Crippen LogP contribution is 2.31. The number of carbonyl (C=O) groups is 1. The lowest BCUT2D eigenvalue weighted by Gasteiger charge is -2.11. The van der Waals surface area contributed by atoms with Crippen LogP contribution in [0.4, 0.5) is 5.69 Å². The number of anilines is 1. The number of rotatable bonds is 3. The molecule has 1 amide bonds. The fourth-order valence-electron chi connectivity index (χ4n) is 3.13. The second-order valence-electron chi connectivity index (χ2n) is 6.05. The highest BCUT2D eigenvalue weighted by molar-refractivity contribution is 5.93. The SMILES string of the molecule is O=C(Nc1cccc(-c2ccc3c(c2)CCO3)c1)C1CCOC1. The minimum atomic E-state index is -0.0317. The molecule has 2 aliphatic rings. The minimum Gasteiger partial charge on any atom is -0.493 e. The van der Waals surface area contributed by atoms with Gasteiger partial charge in [0.25, 0.3) is 0 Å². The smallest absolute Gasteiger partial charge is 0.229 e. The van der Waals surface area contributed by atoms with Crippen molar-refractivity contribution in [3.63, 3.8) is 0 Å². The maximum atomic E-state index is 12.2. The number of hydrogen-bond acceptors (Lipinski definition) is 3. The van der Waals surface area contributed by atoms with Crippen molar-refractivity contribution in [2.45, 2.75) is 12.8 Å². The van der Waals surface area contributed by atoms with Crippen LogP contribution in [0.25, 0.3) is 11.1 Å². The molecule has 4 heteroatoms. The topological polar surface area (TPSA) is 47.6 Å². The van der Waals surface area contributed by atoms with Gasteiger partial charge in [0.05, 0.1) is 19.1 Å². The molecule has 0 bridgehead atoms. The van der Waals surface area contributed by atoms with E-state index < -0.39 is 0 Å². The largest absolute Gasteiger partial charge is 0.493 e. The Balaban J connectivity index is 1.55. The third-order valence-corrected chi connectivity index (χ3v) is 4.45. The van der Waals surface area contributed by atoms with Crippen molar-refractivity contribution in [1.29, 1.82) is 0 Å². The van der Waals surface area contributed by atoms with Gasteiger partial charge >= 0.3 is 0 Å². The van der Waals surface area contributed by atoms with Crippen LogP contribution in [0.3, 0.4) is 0 Å². The van der Waals surface area contributed by atoms with Gasteiger partial charge in [0, 0.05) is 18.7 Å². The van der Waals surface area contributed by atoms with E-state index in [0.29, 0.717) is 13.2 Å². The van der Waals surface area contributed by atoms with Crippen molar-refractivity contribution < 1.29 is 14.3 Å². The zero-order valence-electron chi connectivity index (χ0n) is 12.9. The van der Waals surface area contributed by atoms with Gasteiger partial charge in [-0.05, 0) is 47.4 Å². The molecule has 0 spiro atoms. The van der Waals surface area contributed by atoms with Gasteiger partial charge in [0.1, 0.15) is 5.75 Å². The zero-order chi connectivity index (χ0) is 15.6. The molecule has 118 valence electrons. The first-order valence-corrected chi connectivity index (χ1v) is 8.04. The van der Waals surface area contributed by atoms with E-state index in [1.807, 2.05) is 24.3 Å². The summed E-state index contributed by atoms with van der Waals surface area (Å²) in [5, 5.41) is 3.00. The molecule has 1 unspecified atom stereocenters. The van der Waals surface area contributed by atoms with Crippen LogP contribution in [0.2, 0.25) is 0 Å². The third kappa shape index (κ3) is 2.94. The predicted molar refractivity (Wildman–Crippen MR) is 88.6 cm³/mol. The van der Waals surface area contributed by atoms with Crippen molar-refractivity contribution in [2.75, 3.05) is 25.1 Å². The van der Waals surface area contributed by atoms with Gasteiger partial charge in [-0.2, -0.15) is 0 Å². The predicted octanol–water partition coefficient (Wildman–Crippen LogP) is 3.26. The van der Waals surface area contributed by atoms with Crippen molar-refractivity contribution in [3.05, 3.63) is 48.0 Å². The number of ether oxygens (including phenoxy) is 2. The summed E-state index contributed by atoms with van der Waals surface area (Å²) in [4.78, 5) is 12.2. The molecule has 1 atom stereocenters. The van der Waals surface area contributed by atoms with E-state index in [1.165, 1.54) is 5.56 Å². The molecule has 1 saturated heterocycles. The van der Waals surface area contributed by atoms with Crippen LogP contribution < -0.4 is 10.1 Å². The molecule has 0 radical (unpaired) electrons.